The number of hydrogen-bond acceptors (Lipinski definition) is 2. The van der Waals surface area contributed by atoms with E-state index in [1.807, 2.05) is 0 Å². The van der Waals surface area contributed by atoms with Gasteiger partial charge in [0.05, 0.1) is 10.9 Å². The van der Waals surface area contributed by atoms with Crippen molar-refractivity contribution in [2.45, 2.75) is 6.18 Å². The van der Waals surface area contributed by atoms with Crippen molar-refractivity contribution in [1.82, 2.24) is 0 Å². The van der Waals surface area contributed by atoms with Gasteiger partial charge in [-0.05, 0) is 24.3 Å². The van der Waals surface area contributed by atoms with E-state index in [0.717, 1.165) is 6.07 Å². The zero-order valence-corrected chi connectivity index (χ0v) is 11.5. The third-order valence-corrected chi connectivity index (χ3v) is 4.05. The summed E-state index contributed by atoms with van der Waals surface area (Å²) in [6.07, 6.45) is -4.52. The van der Waals surface area contributed by atoms with Crippen molar-refractivity contribution in [2.24, 2.45) is 0 Å². The molecule has 1 heterocycles. The summed E-state index contributed by atoms with van der Waals surface area (Å²) in [5, 5.41) is 0.0930. The van der Waals surface area contributed by atoms with Crippen molar-refractivity contribution in [1.29, 1.82) is 0 Å². The molecule has 1 nitrogen and oxygen atoms in total. The lowest BCUT2D eigenvalue weighted by atomic mass is 10.1. The van der Waals surface area contributed by atoms with Crippen LogP contribution >= 0.6 is 23.7 Å². The van der Waals surface area contributed by atoms with Crippen molar-refractivity contribution in [2.75, 3.05) is 0 Å². The Bertz CT molecular complexity index is 839. The van der Waals surface area contributed by atoms with E-state index in [1.54, 1.807) is 30.3 Å². The molecular formula is C14H8ClF3OS. The molecule has 6 heteroatoms. The fourth-order valence-electron chi connectivity index (χ4n) is 2.08. The molecule has 0 unspecified atom stereocenters. The van der Waals surface area contributed by atoms with E-state index < -0.39 is 17.2 Å². The summed E-state index contributed by atoms with van der Waals surface area (Å²) in [7, 11) is 0. The first kappa shape index (κ1) is 14.8. The fourth-order valence-corrected chi connectivity index (χ4v) is 3.19. The van der Waals surface area contributed by atoms with Crippen LogP contribution < -0.4 is 5.43 Å². The van der Waals surface area contributed by atoms with Crippen LogP contribution in [-0.4, -0.2) is 0 Å². The summed E-state index contributed by atoms with van der Waals surface area (Å²) in [4.78, 5) is 12.3. The number of benzene rings is 2. The van der Waals surface area contributed by atoms with Gasteiger partial charge >= 0.3 is 6.18 Å². The topological polar surface area (TPSA) is 17.1 Å². The van der Waals surface area contributed by atoms with Crippen molar-refractivity contribution in [3.8, 4) is 0 Å². The van der Waals surface area contributed by atoms with Gasteiger partial charge in [0, 0.05) is 14.8 Å². The molecule has 2 aromatic carbocycles. The van der Waals surface area contributed by atoms with E-state index in [9.17, 15) is 18.0 Å². The molecule has 0 aliphatic heterocycles. The second kappa shape index (κ2) is 5.07. The Morgan fingerprint density at radius 2 is 1.55 bits per heavy atom. The minimum Gasteiger partial charge on any atom is -0.288 e. The summed E-state index contributed by atoms with van der Waals surface area (Å²) in [5.74, 6) is 0. The lowest BCUT2D eigenvalue weighted by Crippen LogP contribution is -2.11. The lowest BCUT2D eigenvalue weighted by molar-refractivity contribution is -0.136. The molecule has 20 heavy (non-hydrogen) atoms. The summed E-state index contributed by atoms with van der Waals surface area (Å²) in [6.45, 7) is 0. The molecule has 0 atom stereocenters. The van der Waals surface area contributed by atoms with Gasteiger partial charge in [0.15, 0.2) is 5.43 Å². The predicted molar refractivity (Wildman–Crippen MR) is 77.9 cm³/mol. The Labute approximate surface area is 122 Å². The smallest absolute Gasteiger partial charge is 0.288 e. The van der Waals surface area contributed by atoms with Crippen molar-refractivity contribution < 1.29 is 13.2 Å². The molecule has 0 N–H and O–H groups in total. The van der Waals surface area contributed by atoms with Crippen molar-refractivity contribution in [3.63, 3.8) is 0 Å². The number of hydrogen-bond donors (Lipinski definition) is 0. The SMILES string of the molecule is Cl.O=c1c2ccccc2sc2cccc(C(F)(F)F)c12. The summed E-state index contributed by atoms with van der Waals surface area (Å²) in [5.41, 5.74) is -1.42. The molecule has 0 radical (unpaired) electrons. The normalized spacial score (nSPS) is 11.6. The molecule has 104 valence electrons. The van der Waals surface area contributed by atoms with Gasteiger partial charge in [-0.3, -0.25) is 4.79 Å². The van der Waals surface area contributed by atoms with Gasteiger partial charge < -0.3 is 0 Å². The Morgan fingerprint density at radius 1 is 0.900 bits per heavy atom. The molecule has 0 fully saturated rings. The maximum absolute atomic E-state index is 13.0. The molecule has 0 spiro atoms. The van der Waals surface area contributed by atoms with Gasteiger partial charge in [-0.2, -0.15) is 13.2 Å². The minimum absolute atomic E-state index is 0. The van der Waals surface area contributed by atoms with Crippen molar-refractivity contribution in [3.05, 3.63) is 58.3 Å². The number of halogens is 4. The summed E-state index contributed by atoms with van der Waals surface area (Å²) < 4.78 is 39.9. The van der Waals surface area contributed by atoms with Gasteiger partial charge in [-0.15, -0.1) is 23.7 Å². The maximum Gasteiger partial charge on any atom is 0.417 e. The Balaban J connectivity index is 0.00000147. The third-order valence-electron chi connectivity index (χ3n) is 2.91. The molecule has 0 aliphatic rings. The fraction of sp³-hybridized carbons (Fsp3) is 0.0714. The summed E-state index contributed by atoms with van der Waals surface area (Å²) in [6, 6.07) is 10.5. The van der Waals surface area contributed by atoms with Crippen LogP contribution in [0.15, 0.2) is 47.3 Å². The van der Waals surface area contributed by atoms with Gasteiger partial charge in [0.1, 0.15) is 0 Å². The average molecular weight is 317 g/mol. The molecular weight excluding hydrogens is 309 g/mol. The second-order valence-electron chi connectivity index (χ2n) is 4.10. The Morgan fingerprint density at radius 3 is 2.25 bits per heavy atom. The third kappa shape index (κ3) is 2.27. The summed E-state index contributed by atoms with van der Waals surface area (Å²) >= 11 is 1.20. The molecule has 3 rings (SSSR count). The Kier molecular flexibility index (Phi) is 3.75. The van der Waals surface area contributed by atoms with Crippen LogP contribution in [0.25, 0.3) is 20.2 Å². The highest BCUT2D eigenvalue weighted by Crippen LogP contribution is 2.35. The Hall–Kier alpha value is -1.59. The molecule has 0 bridgehead atoms. The molecule has 0 saturated carbocycles. The van der Waals surface area contributed by atoms with E-state index in [1.165, 1.54) is 17.4 Å². The monoisotopic (exact) mass is 316 g/mol. The van der Waals surface area contributed by atoms with E-state index >= 15 is 0 Å². The van der Waals surface area contributed by atoms with Crippen LogP contribution in [0.4, 0.5) is 13.2 Å². The van der Waals surface area contributed by atoms with Crippen LogP contribution in [0.1, 0.15) is 5.56 Å². The first-order valence-corrected chi connectivity index (χ1v) is 6.32. The largest absolute Gasteiger partial charge is 0.417 e. The maximum atomic E-state index is 13.0. The highest BCUT2D eigenvalue weighted by Gasteiger charge is 2.33. The highest BCUT2D eigenvalue weighted by atomic mass is 35.5. The van der Waals surface area contributed by atoms with Gasteiger partial charge in [0.25, 0.3) is 0 Å². The quantitative estimate of drug-likeness (QED) is 0.542. The lowest BCUT2D eigenvalue weighted by Gasteiger charge is -2.10. The number of fused-ring (bicyclic) bond motifs is 2. The van der Waals surface area contributed by atoms with Crippen LogP contribution in [0.3, 0.4) is 0 Å². The number of rotatable bonds is 0. The van der Waals surface area contributed by atoms with E-state index in [-0.39, 0.29) is 17.8 Å². The van der Waals surface area contributed by atoms with Gasteiger partial charge in [-0.1, -0.05) is 18.2 Å². The van der Waals surface area contributed by atoms with E-state index in [2.05, 4.69) is 0 Å². The van der Waals surface area contributed by atoms with Crippen LogP contribution in [0.5, 0.6) is 0 Å². The van der Waals surface area contributed by atoms with Gasteiger partial charge in [-0.25, -0.2) is 0 Å². The second-order valence-corrected chi connectivity index (χ2v) is 5.19. The van der Waals surface area contributed by atoms with Crippen LogP contribution in [0.2, 0.25) is 0 Å². The molecule has 0 saturated heterocycles. The molecule has 0 aliphatic carbocycles. The molecule has 0 amide bonds. The predicted octanol–water partition coefficient (Wildman–Crippen LogP) is 4.86. The minimum atomic E-state index is -4.52. The van der Waals surface area contributed by atoms with E-state index in [4.69, 9.17) is 0 Å². The van der Waals surface area contributed by atoms with Crippen LogP contribution in [0, 0.1) is 0 Å². The molecule has 3 aromatic rings. The first-order valence-electron chi connectivity index (χ1n) is 5.50. The van der Waals surface area contributed by atoms with Crippen molar-refractivity contribution >= 4 is 43.9 Å². The number of alkyl halides is 3. The zero-order chi connectivity index (χ0) is 13.6. The van der Waals surface area contributed by atoms with E-state index in [0.29, 0.717) is 14.8 Å². The van der Waals surface area contributed by atoms with Gasteiger partial charge in [0.2, 0.25) is 0 Å². The first-order chi connectivity index (χ1) is 8.98. The standard InChI is InChI=1S/C14H7F3OS.ClH/c15-14(16,17)9-5-3-7-11-12(9)13(18)8-4-1-2-6-10(8)19-11;/h1-7H;1H. The average Bonchev–Trinajstić information content (AvgIpc) is 2.37. The zero-order valence-electron chi connectivity index (χ0n) is 9.90. The molecule has 1 aromatic heterocycles. The highest BCUT2D eigenvalue weighted by molar-refractivity contribution is 7.24. The van der Waals surface area contributed by atoms with Crippen LogP contribution in [-0.2, 0) is 6.18 Å².